The van der Waals surface area contributed by atoms with E-state index in [4.69, 9.17) is 9.57 Å². The van der Waals surface area contributed by atoms with Crippen molar-refractivity contribution in [2.45, 2.75) is 69.8 Å². The molecule has 29 heavy (non-hydrogen) atoms. The van der Waals surface area contributed by atoms with Gasteiger partial charge in [-0.05, 0) is 62.6 Å². The largest absolute Gasteiger partial charge is 0.512 e. The Labute approximate surface area is 167 Å². The fourth-order valence-electron chi connectivity index (χ4n) is 3.79. The topological polar surface area (TPSA) is 68.1 Å². The molecular weight excluding hydrogens is 387 g/mol. The fourth-order valence-corrected chi connectivity index (χ4v) is 3.79. The van der Waals surface area contributed by atoms with Crippen molar-refractivity contribution >= 4 is 12.2 Å². The monoisotopic (exact) mass is 411 g/mol. The summed E-state index contributed by atoms with van der Waals surface area (Å²) >= 11 is 0. The molecule has 1 saturated carbocycles. The van der Waals surface area contributed by atoms with Crippen molar-refractivity contribution in [2.75, 3.05) is 0 Å². The molecule has 158 valence electrons. The lowest BCUT2D eigenvalue weighted by Crippen LogP contribution is -2.37. The second-order valence-electron chi connectivity index (χ2n) is 7.53. The van der Waals surface area contributed by atoms with Gasteiger partial charge in [-0.3, -0.25) is 0 Å². The van der Waals surface area contributed by atoms with Crippen molar-refractivity contribution < 1.29 is 32.6 Å². The van der Waals surface area contributed by atoms with E-state index in [-0.39, 0.29) is 12.4 Å². The van der Waals surface area contributed by atoms with Gasteiger partial charge >= 0.3 is 12.1 Å². The number of aliphatic hydroxyl groups is 1. The van der Waals surface area contributed by atoms with Crippen molar-refractivity contribution in [3.63, 3.8) is 0 Å². The summed E-state index contributed by atoms with van der Waals surface area (Å²) < 4.78 is 43.6. The minimum Gasteiger partial charge on any atom is -0.512 e. The standard InChI is InChI=1S/C21H24F3NO4/c22-21(23,24)16-7-5-6-15(12-16)14-28-25-11-4-1-8-17-18(26)13-20(29-19(17)27)9-2-3-10-20/h5-7,11-12,26H,1-4,8-10,13-14H2. The van der Waals surface area contributed by atoms with Crippen LogP contribution in [0.15, 0.2) is 40.8 Å². The molecule has 0 saturated heterocycles. The van der Waals surface area contributed by atoms with E-state index in [1.807, 2.05) is 0 Å². The van der Waals surface area contributed by atoms with Crippen molar-refractivity contribution in [3.8, 4) is 0 Å². The molecule has 5 nitrogen and oxygen atoms in total. The maximum atomic E-state index is 12.7. The number of benzene rings is 1. The smallest absolute Gasteiger partial charge is 0.416 e. The van der Waals surface area contributed by atoms with Crippen LogP contribution in [0, 0.1) is 0 Å². The predicted molar refractivity (Wildman–Crippen MR) is 100 cm³/mol. The zero-order chi connectivity index (χ0) is 20.9. The molecule has 0 bridgehead atoms. The summed E-state index contributed by atoms with van der Waals surface area (Å²) in [5, 5.41) is 14.0. The Hall–Kier alpha value is -2.51. The fraction of sp³-hybridized carbons (Fsp3) is 0.524. The molecule has 0 radical (unpaired) electrons. The number of aliphatic hydroxyl groups excluding tert-OH is 1. The van der Waals surface area contributed by atoms with Crippen LogP contribution in [0.1, 0.15) is 62.5 Å². The number of nitrogens with zero attached hydrogens (tertiary/aromatic N) is 1. The highest BCUT2D eigenvalue weighted by molar-refractivity contribution is 5.90. The summed E-state index contributed by atoms with van der Waals surface area (Å²) in [5.41, 5.74) is -0.545. The number of oxime groups is 1. The highest BCUT2D eigenvalue weighted by Crippen LogP contribution is 2.42. The van der Waals surface area contributed by atoms with Gasteiger partial charge < -0.3 is 14.7 Å². The molecule has 1 aromatic carbocycles. The van der Waals surface area contributed by atoms with E-state index >= 15 is 0 Å². The molecule has 1 fully saturated rings. The molecule has 0 amide bonds. The minimum atomic E-state index is -4.39. The molecule has 0 unspecified atom stereocenters. The number of ether oxygens (including phenoxy) is 1. The van der Waals surface area contributed by atoms with Crippen LogP contribution in [0.3, 0.4) is 0 Å². The van der Waals surface area contributed by atoms with Crippen LogP contribution in [0.2, 0.25) is 0 Å². The van der Waals surface area contributed by atoms with Crippen LogP contribution in [-0.2, 0) is 27.2 Å². The van der Waals surface area contributed by atoms with Gasteiger partial charge in [-0.1, -0.05) is 17.3 Å². The number of esters is 1. The first-order valence-corrected chi connectivity index (χ1v) is 9.73. The highest BCUT2D eigenvalue weighted by Gasteiger charge is 2.43. The quantitative estimate of drug-likeness (QED) is 0.280. The average molecular weight is 411 g/mol. The molecule has 0 aromatic heterocycles. The van der Waals surface area contributed by atoms with Gasteiger partial charge in [-0.25, -0.2) is 4.79 Å². The summed E-state index contributed by atoms with van der Waals surface area (Å²) in [7, 11) is 0. The summed E-state index contributed by atoms with van der Waals surface area (Å²) in [4.78, 5) is 17.2. The van der Waals surface area contributed by atoms with Crippen molar-refractivity contribution in [2.24, 2.45) is 5.16 Å². The van der Waals surface area contributed by atoms with Crippen LogP contribution in [0.5, 0.6) is 0 Å². The lowest BCUT2D eigenvalue weighted by atomic mass is 9.90. The number of alkyl halides is 3. The third-order valence-corrected chi connectivity index (χ3v) is 5.30. The second kappa shape index (κ2) is 8.88. The van der Waals surface area contributed by atoms with E-state index in [1.165, 1.54) is 18.3 Å². The number of halogens is 3. The van der Waals surface area contributed by atoms with Crippen molar-refractivity contribution in [1.82, 2.24) is 0 Å². The zero-order valence-electron chi connectivity index (χ0n) is 16.0. The van der Waals surface area contributed by atoms with Gasteiger partial charge in [0.1, 0.15) is 18.0 Å². The first-order valence-electron chi connectivity index (χ1n) is 9.73. The Balaban J connectivity index is 1.40. The van der Waals surface area contributed by atoms with E-state index in [0.717, 1.165) is 37.8 Å². The van der Waals surface area contributed by atoms with Crippen molar-refractivity contribution in [1.29, 1.82) is 0 Å². The molecular formula is C21H24F3NO4. The summed E-state index contributed by atoms with van der Waals surface area (Å²) in [6.45, 7) is -0.0687. The van der Waals surface area contributed by atoms with Crippen LogP contribution < -0.4 is 0 Å². The average Bonchev–Trinajstić information content (AvgIpc) is 3.09. The van der Waals surface area contributed by atoms with Gasteiger partial charge in [0, 0.05) is 12.6 Å². The SMILES string of the molecule is O=C1OC2(CCCC2)CC(O)=C1CCCC=NOCc1cccc(C(F)(F)F)c1. The number of carbonyl (C=O) groups is 1. The van der Waals surface area contributed by atoms with Gasteiger partial charge in [0.2, 0.25) is 0 Å². The van der Waals surface area contributed by atoms with Gasteiger partial charge in [-0.2, -0.15) is 13.2 Å². The molecule has 1 spiro atoms. The second-order valence-corrected chi connectivity index (χ2v) is 7.53. The predicted octanol–water partition coefficient (Wildman–Crippen LogP) is 5.45. The number of hydrogen-bond acceptors (Lipinski definition) is 5. The normalized spacial score (nSPS) is 19.2. The van der Waals surface area contributed by atoms with Gasteiger partial charge in [-0.15, -0.1) is 0 Å². The van der Waals surface area contributed by atoms with Crippen molar-refractivity contribution in [3.05, 3.63) is 46.7 Å². The molecule has 1 aliphatic heterocycles. The molecule has 1 aromatic rings. The first-order chi connectivity index (χ1) is 13.8. The molecule has 0 atom stereocenters. The molecule has 8 heteroatoms. The van der Waals surface area contributed by atoms with E-state index in [0.29, 0.717) is 36.8 Å². The zero-order valence-corrected chi connectivity index (χ0v) is 16.0. The number of hydrogen-bond donors (Lipinski definition) is 1. The molecule has 2 aliphatic rings. The Morgan fingerprint density at radius 1 is 1.28 bits per heavy atom. The lowest BCUT2D eigenvalue weighted by molar-refractivity contribution is -0.158. The van der Waals surface area contributed by atoms with Crippen LogP contribution >= 0.6 is 0 Å². The van der Waals surface area contributed by atoms with Gasteiger partial charge in [0.05, 0.1) is 11.1 Å². The lowest BCUT2D eigenvalue weighted by Gasteiger charge is -2.33. The maximum absolute atomic E-state index is 12.7. The first kappa shape index (κ1) is 21.2. The number of unbranched alkanes of at least 4 members (excludes halogenated alkanes) is 1. The Bertz CT molecular complexity index is 795. The number of carbonyl (C=O) groups excluding carboxylic acids is 1. The Kier molecular flexibility index (Phi) is 6.49. The highest BCUT2D eigenvalue weighted by atomic mass is 19.4. The molecule has 1 N–H and O–H groups in total. The van der Waals surface area contributed by atoms with Crippen LogP contribution in [-0.4, -0.2) is 22.9 Å². The molecule has 3 rings (SSSR count). The summed E-state index contributed by atoms with van der Waals surface area (Å²) in [6.07, 6.45) is 2.55. The Morgan fingerprint density at radius 2 is 2.03 bits per heavy atom. The molecule has 1 heterocycles. The molecule has 1 aliphatic carbocycles. The maximum Gasteiger partial charge on any atom is 0.416 e. The third kappa shape index (κ3) is 5.52. The van der Waals surface area contributed by atoms with Crippen LogP contribution in [0.25, 0.3) is 0 Å². The van der Waals surface area contributed by atoms with Gasteiger partial charge in [0.25, 0.3) is 0 Å². The van der Waals surface area contributed by atoms with Crippen LogP contribution in [0.4, 0.5) is 13.2 Å². The Morgan fingerprint density at radius 3 is 2.72 bits per heavy atom. The third-order valence-electron chi connectivity index (χ3n) is 5.30. The van der Waals surface area contributed by atoms with Gasteiger partial charge in [0.15, 0.2) is 0 Å². The van der Waals surface area contributed by atoms with E-state index in [9.17, 15) is 23.1 Å². The summed E-state index contributed by atoms with van der Waals surface area (Å²) in [6, 6.07) is 4.88. The van der Waals surface area contributed by atoms with E-state index < -0.39 is 23.3 Å². The summed E-state index contributed by atoms with van der Waals surface area (Å²) in [5.74, 6) is -0.311. The van der Waals surface area contributed by atoms with E-state index in [1.54, 1.807) is 0 Å². The van der Waals surface area contributed by atoms with E-state index in [2.05, 4.69) is 5.16 Å². The minimum absolute atomic E-state index is 0.0687. The number of rotatable bonds is 7.